The smallest absolute Gasteiger partial charge is 0.229 e. The molecule has 0 aromatic heterocycles. The highest BCUT2D eigenvalue weighted by Crippen LogP contribution is 2.21. The lowest BCUT2D eigenvalue weighted by Gasteiger charge is -2.13. The predicted octanol–water partition coefficient (Wildman–Crippen LogP) is 0.930. The topological polar surface area (TPSA) is 23.6 Å². The Kier molecular flexibility index (Phi) is 3.48. The van der Waals surface area contributed by atoms with Gasteiger partial charge in [-0.3, -0.25) is 4.79 Å². The minimum Gasteiger partial charge on any atom is -0.319 e. The first kappa shape index (κ1) is 10.3. The molecule has 1 rings (SSSR count). The summed E-state index contributed by atoms with van der Waals surface area (Å²) in [5, 5.41) is 0. The molecule has 1 aliphatic rings. The molecule has 0 aromatic carbocycles. The van der Waals surface area contributed by atoms with Gasteiger partial charge in [-0.1, -0.05) is 6.58 Å². The van der Waals surface area contributed by atoms with Gasteiger partial charge >= 0.3 is 0 Å². The van der Waals surface area contributed by atoms with Crippen LogP contribution in [-0.2, 0) is 4.79 Å². The van der Waals surface area contributed by atoms with Crippen LogP contribution in [0.3, 0.4) is 0 Å². The van der Waals surface area contributed by atoms with Gasteiger partial charge in [0, 0.05) is 12.5 Å². The first-order valence-corrected chi connectivity index (χ1v) is 4.73. The van der Waals surface area contributed by atoms with Crippen molar-refractivity contribution in [2.45, 2.75) is 12.8 Å². The van der Waals surface area contributed by atoms with Crippen molar-refractivity contribution < 1.29 is 4.79 Å². The molecule has 1 aliphatic heterocycles. The quantitative estimate of drug-likeness (QED) is 0.645. The van der Waals surface area contributed by atoms with Crippen molar-refractivity contribution in [1.29, 1.82) is 0 Å². The van der Waals surface area contributed by atoms with E-state index in [-0.39, 0.29) is 11.8 Å². The van der Waals surface area contributed by atoms with Crippen molar-refractivity contribution in [2.24, 2.45) is 5.92 Å². The Morgan fingerprint density at radius 2 is 2.38 bits per heavy atom. The molecule has 1 heterocycles. The van der Waals surface area contributed by atoms with Crippen LogP contribution < -0.4 is 0 Å². The van der Waals surface area contributed by atoms with Crippen LogP contribution >= 0.6 is 0 Å². The summed E-state index contributed by atoms with van der Waals surface area (Å²) in [4.78, 5) is 15.4. The maximum Gasteiger partial charge on any atom is 0.229 e. The SMILES string of the molecule is C=CN1CCC(CCN(C)C)C1=O. The first-order chi connectivity index (χ1) is 6.15. The zero-order chi connectivity index (χ0) is 9.84. The summed E-state index contributed by atoms with van der Waals surface area (Å²) in [6.45, 7) is 5.45. The van der Waals surface area contributed by atoms with E-state index >= 15 is 0 Å². The van der Waals surface area contributed by atoms with Crippen molar-refractivity contribution in [3.63, 3.8) is 0 Å². The highest BCUT2D eigenvalue weighted by Gasteiger charge is 2.29. The van der Waals surface area contributed by atoms with Crippen molar-refractivity contribution in [1.82, 2.24) is 9.80 Å². The summed E-state index contributed by atoms with van der Waals surface area (Å²) < 4.78 is 0. The third-order valence-corrected chi connectivity index (χ3v) is 2.50. The summed E-state index contributed by atoms with van der Waals surface area (Å²) in [7, 11) is 4.06. The maximum atomic E-state index is 11.6. The second kappa shape index (κ2) is 4.42. The molecular formula is C10H18N2O. The molecule has 0 saturated carbocycles. The fourth-order valence-corrected chi connectivity index (χ4v) is 1.63. The Labute approximate surface area is 80.0 Å². The van der Waals surface area contributed by atoms with Gasteiger partial charge in [-0.05, 0) is 39.7 Å². The van der Waals surface area contributed by atoms with E-state index in [0.29, 0.717) is 0 Å². The van der Waals surface area contributed by atoms with Crippen LogP contribution in [0.4, 0.5) is 0 Å². The lowest BCUT2D eigenvalue weighted by Crippen LogP contribution is -2.24. The van der Waals surface area contributed by atoms with Gasteiger partial charge in [0.1, 0.15) is 0 Å². The predicted molar refractivity (Wildman–Crippen MR) is 53.2 cm³/mol. The molecule has 1 amide bonds. The largest absolute Gasteiger partial charge is 0.319 e. The molecule has 3 nitrogen and oxygen atoms in total. The van der Waals surface area contributed by atoms with Gasteiger partial charge in [-0.25, -0.2) is 0 Å². The van der Waals surface area contributed by atoms with E-state index in [9.17, 15) is 4.79 Å². The first-order valence-electron chi connectivity index (χ1n) is 4.73. The molecule has 13 heavy (non-hydrogen) atoms. The minimum atomic E-state index is 0.223. The van der Waals surface area contributed by atoms with E-state index in [1.54, 1.807) is 11.1 Å². The van der Waals surface area contributed by atoms with Crippen molar-refractivity contribution in [2.75, 3.05) is 27.2 Å². The fourth-order valence-electron chi connectivity index (χ4n) is 1.63. The van der Waals surface area contributed by atoms with Crippen LogP contribution in [0.15, 0.2) is 12.8 Å². The Bertz CT molecular complexity index is 201. The number of likely N-dealkylation sites (tertiary alicyclic amines) is 1. The molecule has 74 valence electrons. The van der Waals surface area contributed by atoms with E-state index in [2.05, 4.69) is 11.5 Å². The summed E-state index contributed by atoms with van der Waals surface area (Å²) in [6.07, 6.45) is 3.59. The highest BCUT2D eigenvalue weighted by molar-refractivity contribution is 5.81. The van der Waals surface area contributed by atoms with Crippen molar-refractivity contribution in [3.8, 4) is 0 Å². The molecule has 0 aliphatic carbocycles. The van der Waals surface area contributed by atoms with E-state index in [4.69, 9.17) is 0 Å². The Morgan fingerprint density at radius 1 is 1.69 bits per heavy atom. The van der Waals surface area contributed by atoms with Crippen molar-refractivity contribution in [3.05, 3.63) is 12.8 Å². The number of carbonyl (C=O) groups excluding carboxylic acids is 1. The van der Waals surface area contributed by atoms with E-state index in [1.165, 1.54) is 0 Å². The molecule has 1 fully saturated rings. The number of rotatable bonds is 4. The van der Waals surface area contributed by atoms with Gasteiger partial charge in [0.2, 0.25) is 5.91 Å². The van der Waals surface area contributed by atoms with Gasteiger partial charge in [0.05, 0.1) is 0 Å². The fraction of sp³-hybridized carbons (Fsp3) is 0.700. The van der Waals surface area contributed by atoms with Gasteiger partial charge in [0.15, 0.2) is 0 Å². The van der Waals surface area contributed by atoms with E-state index in [1.807, 2.05) is 14.1 Å². The van der Waals surface area contributed by atoms with Crippen LogP contribution in [0, 0.1) is 5.92 Å². The van der Waals surface area contributed by atoms with Crippen LogP contribution in [-0.4, -0.2) is 42.9 Å². The molecule has 0 spiro atoms. The average molecular weight is 182 g/mol. The summed E-state index contributed by atoms with van der Waals surface area (Å²) in [6, 6.07) is 0. The second-order valence-electron chi connectivity index (χ2n) is 3.79. The van der Waals surface area contributed by atoms with E-state index in [0.717, 1.165) is 25.9 Å². The molecule has 1 atom stereocenters. The van der Waals surface area contributed by atoms with Gasteiger partial charge in [-0.15, -0.1) is 0 Å². The third kappa shape index (κ3) is 2.56. The highest BCUT2D eigenvalue weighted by atomic mass is 16.2. The van der Waals surface area contributed by atoms with Gasteiger partial charge in [-0.2, -0.15) is 0 Å². The number of amides is 1. The molecule has 1 unspecified atom stereocenters. The molecule has 1 saturated heterocycles. The van der Waals surface area contributed by atoms with Crippen LogP contribution in [0.2, 0.25) is 0 Å². The Morgan fingerprint density at radius 3 is 2.85 bits per heavy atom. The summed E-state index contributed by atoms with van der Waals surface area (Å²) in [5.41, 5.74) is 0. The molecule has 0 bridgehead atoms. The normalized spacial score (nSPS) is 22.8. The van der Waals surface area contributed by atoms with Crippen LogP contribution in [0.1, 0.15) is 12.8 Å². The monoisotopic (exact) mass is 182 g/mol. The summed E-state index contributed by atoms with van der Waals surface area (Å²) >= 11 is 0. The second-order valence-corrected chi connectivity index (χ2v) is 3.79. The molecule has 0 N–H and O–H groups in total. The van der Waals surface area contributed by atoms with Gasteiger partial charge in [0.25, 0.3) is 0 Å². The lowest BCUT2D eigenvalue weighted by atomic mass is 10.0. The van der Waals surface area contributed by atoms with Crippen LogP contribution in [0.25, 0.3) is 0 Å². The molecule has 0 radical (unpaired) electrons. The zero-order valence-electron chi connectivity index (χ0n) is 8.49. The zero-order valence-corrected chi connectivity index (χ0v) is 8.49. The Hall–Kier alpha value is -0.830. The molecule has 3 heteroatoms. The minimum absolute atomic E-state index is 0.223. The molecule has 0 aromatic rings. The number of nitrogens with zero attached hydrogens (tertiary/aromatic N) is 2. The number of carbonyl (C=O) groups is 1. The van der Waals surface area contributed by atoms with Crippen molar-refractivity contribution >= 4 is 5.91 Å². The summed E-state index contributed by atoms with van der Waals surface area (Å²) in [5.74, 6) is 0.470. The Balaban J connectivity index is 2.37. The average Bonchev–Trinajstić information content (AvgIpc) is 2.43. The van der Waals surface area contributed by atoms with Gasteiger partial charge < -0.3 is 9.80 Å². The van der Waals surface area contributed by atoms with E-state index < -0.39 is 0 Å². The third-order valence-electron chi connectivity index (χ3n) is 2.50. The lowest BCUT2D eigenvalue weighted by molar-refractivity contribution is -0.129. The number of hydrogen-bond acceptors (Lipinski definition) is 2. The number of hydrogen-bond donors (Lipinski definition) is 0. The van der Waals surface area contributed by atoms with Crippen LogP contribution in [0.5, 0.6) is 0 Å². The molecular weight excluding hydrogens is 164 g/mol. The standard InChI is InChI=1S/C10H18N2O/c1-4-12-8-6-9(10(12)13)5-7-11(2)3/h4,9H,1,5-8H2,2-3H3. The maximum absolute atomic E-state index is 11.6.